The molecule has 56 heavy (non-hydrogen) atoms. The van der Waals surface area contributed by atoms with Crippen LogP contribution in [0.2, 0.25) is 0 Å². The quantitative estimate of drug-likeness (QED) is 0.173. The van der Waals surface area contributed by atoms with Crippen LogP contribution in [0.15, 0.2) is 176 Å². The number of nitrogens with zero attached hydrogens (tertiary/aromatic N) is 1. The van der Waals surface area contributed by atoms with Crippen molar-refractivity contribution in [2.24, 2.45) is 0 Å². The second-order valence-electron chi connectivity index (χ2n) is 15.8. The molecule has 1 nitrogen and oxygen atoms in total. The van der Waals surface area contributed by atoms with Gasteiger partial charge in [0.2, 0.25) is 0 Å². The second kappa shape index (κ2) is 11.9. The van der Waals surface area contributed by atoms with Crippen LogP contribution in [-0.4, -0.2) is 0 Å². The summed E-state index contributed by atoms with van der Waals surface area (Å²) in [6.07, 6.45) is 0. The molecule has 2 aromatic heterocycles. The fourth-order valence-electron chi connectivity index (χ4n) is 9.31. The van der Waals surface area contributed by atoms with Gasteiger partial charge in [0.1, 0.15) is 0 Å². The lowest BCUT2D eigenvalue weighted by Gasteiger charge is -2.28. The van der Waals surface area contributed by atoms with E-state index in [0.717, 1.165) is 11.4 Å². The van der Waals surface area contributed by atoms with Crippen molar-refractivity contribution in [3.05, 3.63) is 187 Å². The molecule has 2 heterocycles. The van der Waals surface area contributed by atoms with Crippen molar-refractivity contribution in [1.82, 2.24) is 0 Å². The van der Waals surface area contributed by atoms with Gasteiger partial charge in [0.15, 0.2) is 0 Å². The number of fused-ring (bicyclic) bond motifs is 11. The first-order chi connectivity index (χ1) is 27.5. The Labute approximate surface area is 333 Å². The summed E-state index contributed by atoms with van der Waals surface area (Å²) < 4.78 is 5.39. The van der Waals surface area contributed by atoms with E-state index in [9.17, 15) is 0 Å². The molecule has 12 rings (SSSR count). The fraction of sp³-hybridized carbons (Fsp3) is 0.0566. The first-order valence-corrected chi connectivity index (χ1v) is 20.9. The molecule has 0 amide bonds. The van der Waals surface area contributed by atoms with E-state index in [1.165, 1.54) is 101 Å². The van der Waals surface area contributed by atoms with E-state index in [1.807, 2.05) is 22.7 Å². The zero-order valence-electron chi connectivity index (χ0n) is 31.0. The molecule has 264 valence electrons. The Hall–Kier alpha value is -6.26. The van der Waals surface area contributed by atoms with Crippen molar-refractivity contribution >= 4 is 102 Å². The minimum Gasteiger partial charge on any atom is -0.310 e. The molecule has 0 aliphatic heterocycles. The van der Waals surface area contributed by atoms with E-state index >= 15 is 0 Å². The standard InChI is InChI=1S/C53H35NS2/c1-53(2)47-15-9-8-14-41(47)42-23-22-40(29-48(42)53)54(38-19-16-33(17-20-38)32-10-4-3-5-11-32)39-21-18-36-26-44-46-30-45-43-25-34-12-6-7-13-35(34)27-49(43)55-51(45)31-52(46)56-50(44)28-37(36)24-39/h3-31H,1-2H3. The van der Waals surface area contributed by atoms with Crippen LogP contribution in [0.5, 0.6) is 0 Å². The third-order valence-corrected chi connectivity index (χ3v) is 14.4. The van der Waals surface area contributed by atoms with Gasteiger partial charge in [-0.3, -0.25) is 0 Å². The van der Waals surface area contributed by atoms with Gasteiger partial charge in [-0.2, -0.15) is 0 Å². The second-order valence-corrected chi connectivity index (χ2v) is 17.9. The maximum absolute atomic E-state index is 2.45. The van der Waals surface area contributed by atoms with Crippen molar-refractivity contribution in [2.75, 3.05) is 4.90 Å². The number of benzene rings is 9. The van der Waals surface area contributed by atoms with Crippen LogP contribution in [0.4, 0.5) is 17.1 Å². The van der Waals surface area contributed by atoms with Crippen LogP contribution < -0.4 is 4.90 Å². The smallest absolute Gasteiger partial charge is 0.0468 e. The fourth-order valence-corrected chi connectivity index (χ4v) is 11.7. The molecule has 1 aliphatic carbocycles. The molecule has 3 heteroatoms. The van der Waals surface area contributed by atoms with Crippen LogP contribution in [0.25, 0.3) is 84.1 Å². The summed E-state index contributed by atoms with van der Waals surface area (Å²) in [5.74, 6) is 0. The summed E-state index contributed by atoms with van der Waals surface area (Å²) in [6, 6.07) is 65.8. The average Bonchev–Trinajstić information content (AvgIpc) is 3.84. The van der Waals surface area contributed by atoms with E-state index in [2.05, 4.69) is 195 Å². The third-order valence-electron chi connectivity index (χ3n) is 12.2. The molecule has 1 aliphatic rings. The molecule has 0 radical (unpaired) electrons. The van der Waals surface area contributed by atoms with Crippen molar-refractivity contribution in [3.63, 3.8) is 0 Å². The Balaban J connectivity index is 1.01. The van der Waals surface area contributed by atoms with E-state index < -0.39 is 0 Å². The zero-order chi connectivity index (χ0) is 37.1. The first-order valence-electron chi connectivity index (χ1n) is 19.3. The molecule has 11 aromatic rings. The summed E-state index contributed by atoms with van der Waals surface area (Å²) in [7, 11) is 0. The molecular formula is C53H35NS2. The van der Waals surface area contributed by atoms with Gasteiger partial charge >= 0.3 is 0 Å². The van der Waals surface area contributed by atoms with Crippen molar-refractivity contribution in [2.45, 2.75) is 19.3 Å². The predicted octanol–water partition coefficient (Wildman–Crippen LogP) is 16.2. The minimum absolute atomic E-state index is 0.0878. The third kappa shape index (κ3) is 4.78. The highest BCUT2D eigenvalue weighted by Crippen LogP contribution is 2.51. The lowest BCUT2D eigenvalue weighted by atomic mass is 9.82. The highest BCUT2D eigenvalue weighted by molar-refractivity contribution is 7.28. The number of thiophene rings is 2. The van der Waals surface area contributed by atoms with E-state index in [0.29, 0.717) is 0 Å². The number of hydrogen-bond acceptors (Lipinski definition) is 3. The first kappa shape index (κ1) is 32.0. The van der Waals surface area contributed by atoms with Crippen molar-refractivity contribution in [1.29, 1.82) is 0 Å². The van der Waals surface area contributed by atoms with Crippen LogP contribution in [0.3, 0.4) is 0 Å². The summed E-state index contributed by atoms with van der Waals surface area (Å²) in [5, 5.41) is 10.5. The summed E-state index contributed by atoms with van der Waals surface area (Å²) in [6.45, 7) is 4.72. The summed E-state index contributed by atoms with van der Waals surface area (Å²) in [4.78, 5) is 2.44. The lowest BCUT2D eigenvalue weighted by Crippen LogP contribution is -2.16. The summed E-state index contributed by atoms with van der Waals surface area (Å²) >= 11 is 3.82. The molecule has 0 saturated heterocycles. The Bertz CT molecular complexity index is 3380. The normalized spacial score (nSPS) is 13.3. The van der Waals surface area contributed by atoms with Gasteiger partial charge in [0, 0.05) is 62.8 Å². The van der Waals surface area contributed by atoms with Gasteiger partial charge in [-0.25, -0.2) is 0 Å². The topological polar surface area (TPSA) is 3.24 Å². The molecule has 9 aromatic carbocycles. The molecule has 0 N–H and O–H groups in total. The van der Waals surface area contributed by atoms with Gasteiger partial charge in [-0.05, 0) is 128 Å². The van der Waals surface area contributed by atoms with Gasteiger partial charge in [-0.1, -0.05) is 117 Å². The van der Waals surface area contributed by atoms with Gasteiger partial charge in [0.25, 0.3) is 0 Å². The molecule has 0 fully saturated rings. The largest absolute Gasteiger partial charge is 0.310 e. The highest BCUT2D eigenvalue weighted by Gasteiger charge is 2.35. The molecule has 0 atom stereocenters. The average molecular weight is 750 g/mol. The van der Waals surface area contributed by atoms with E-state index in [1.54, 1.807) is 0 Å². The Morgan fingerprint density at radius 2 is 0.875 bits per heavy atom. The van der Waals surface area contributed by atoms with Crippen LogP contribution >= 0.6 is 22.7 Å². The molecular weight excluding hydrogens is 715 g/mol. The maximum Gasteiger partial charge on any atom is 0.0468 e. The zero-order valence-corrected chi connectivity index (χ0v) is 32.6. The number of rotatable bonds is 4. The maximum atomic E-state index is 2.45. The SMILES string of the molecule is CC1(C)c2ccccc2-c2ccc(N(c3ccc(-c4ccccc4)cc3)c3ccc4cc5c(cc4c3)sc3cc4sc6cc7ccccc7cc6c4cc35)cc21. The van der Waals surface area contributed by atoms with Gasteiger partial charge in [0.05, 0.1) is 0 Å². The minimum atomic E-state index is -0.0878. The van der Waals surface area contributed by atoms with Gasteiger partial charge < -0.3 is 4.90 Å². The van der Waals surface area contributed by atoms with Crippen molar-refractivity contribution in [3.8, 4) is 22.3 Å². The molecule has 0 unspecified atom stereocenters. The van der Waals surface area contributed by atoms with Crippen LogP contribution in [-0.2, 0) is 5.41 Å². The summed E-state index contributed by atoms with van der Waals surface area (Å²) in [5.41, 5.74) is 11.3. The van der Waals surface area contributed by atoms with Gasteiger partial charge in [-0.15, -0.1) is 22.7 Å². The van der Waals surface area contributed by atoms with E-state index in [4.69, 9.17) is 0 Å². The van der Waals surface area contributed by atoms with Crippen LogP contribution in [0, 0.1) is 0 Å². The number of hydrogen-bond donors (Lipinski definition) is 0. The molecule has 0 bridgehead atoms. The lowest BCUT2D eigenvalue weighted by molar-refractivity contribution is 0.660. The highest BCUT2D eigenvalue weighted by atomic mass is 32.1. The number of anilines is 3. The Morgan fingerprint density at radius 1 is 0.357 bits per heavy atom. The Kier molecular flexibility index (Phi) is 6.79. The predicted molar refractivity (Wildman–Crippen MR) is 245 cm³/mol. The molecule has 0 saturated carbocycles. The Morgan fingerprint density at radius 3 is 1.62 bits per heavy atom. The molecule has 0 spiro atoms. The monoisotopic (exact) mass is 749 g/mol. The van der Waals surface area contributed by atoms with E-state index in [-0.39, 0.29) is 5.41 Å². The van der Waals surface area contributed by atoms with Crippen molar-refractivity contribution < 1.29 is 0 Å². The van der Waals surface area contributed by atoms with Crippen LogP contribution in [0.1, 0.15) is 25.0 Å².